The van der Waals surface area contributed by atoms with Gasteiger partial charge in [0.2, 0.25) is 0 Å². The normalized spacial score (nSPS) is 13.9. The number of hydrogen-bond acceptors (Lipinski definition) is 3. The van der Waals surface area contributed by atoms with Crippen molar-refractivity contribution < 1.29 is 4.74 Å². The largest absolute Gasteiger partial charge is 0.377 e. The lowest BCUT2D eigenvalue weighted by molar-refractivity contribution is -0.0374. The Balaban J connectivity index is 2.72. The standard InChI is InChI=1S/C13H25N3O/c1-5-13(6-2,17-4)12(14)8-11-9-15-16(7-3)10-11/h9-10,12H,5-8,14H2,1-4H3. The quantitative estimate of drug-likeness (QED) is 0.791. The van der Waals surface area contributed by atoms with Gasteiger partial charge in [-0.05, 0) is 31.7 Å². The monoisotopic (exact) mass is 239 g/mol. The van der Waals surface area contributed by atoms with Gasteiger partial charge in [-0.15, -0.1) is 0 Å². The number of rotatable bonds is 7. The molecule has 2 N–H and O–H groups in total. The molecule has 0 fully saturated rings. The fourth-order valence-electron chi connectivity index (χ4n) is 2.34. The highest BCUT2D eigenvalue weighted by Crippen LogP contribution is 2.25. The van der Waals surface area contributed by atoms with E-state index in [9.17, 15) is 0 Å². The van der Waals surface area contributed by atoms with Crippen LogP contribution < -0.4 is 5.73 Å². The highest BCUT2D eigenvalue weighted by molar-refractivity contribution is 5.08. The zero-order chi connectivity index (χ0) is 12.9. The molecule has 0 amide bonds. The van der Waals surface area contributed by atoms with Gasteiger partial charge in [-0.25, -0.2) is 0 Å². The molecule has 4 heteroatoms. The third kappa shape index (κ3) is 3.07. The summed E-state index contributed by atoms with van der Waals surface area (Å²) in [4.78, 5) is 0. The molecule has 0 aliphatic carbocycles. The van der Waals surface area contributed by atoms with Crippen molar-refractivity contribution in [2.75, 3.05) is 7.11 Å². The molecule has 1 atom stereocenters. The molecular weight excluding hydrogens is 214 g/mol. The Labute approximate surface area is 104 Å². The van der Waals surface area contributed by atoms with E-state index in [2.05, 4.69) is 32.1 Å². The average molecular weight is 239 g/mol. The van der Waals surface area contributed by atoms with Gasteiger partial charge in [0.1, 0.15) is 0 Å². The van der Waals surface area contributed by atoms with E-state index < -0.39 is 0 Å². The number of aryl methyl sites for hydroxylation is 1. The van der Waals surface area contributed by atoms with Gasteiger partial charge in [-0.1, -0.05) is 13.8 Å². The third-order valence-electron chi connectivity index (χ3n) is 3.75. The number of nitrogens with zero attached hydrogens (tertiary/aromatic N) is 2. The summed E-state index contributed by atoms with van der Waals surface area (Å²) < 4.78 is 7.58. The van der Waals surface area contributed by atoms with Gasteiger partial charge in [-0.3, -0.25) is 4.68 Å². The van der Waals surface area contributed by atoms with Gasteiger partial charge in [0.25, 0.3) is 0 Å². The van der Waals surface area contributed by atoms with E-state index in [1.165, 1.54) is 5.56 Å². The number of aromatic nitrogens is 2. The molecule has 17 heavy (non-hydrogen) atoms. The molecule has 0 aromatic carbocycles. The zero-order valence-corrected chi connectivity index (χ0v) is 11.4. The summed E-state index contributed by atoms with van der Waals surface area (Å²) in [5, 5.41) is 4.27. The second kappa shape index (κ2) is 6.17. The number of nitrogens with two attached hydrogens (primary N) is 1. The van der Waals surface area contributed by atoms with Crippen molar-refractivity contribution in [1.82, 2.24) is 9.78 Å². The van der Waals surface area contributed by atoms with Crippen LogP contribution in [0.15, 0.2) is 12.4 Å². The van der Waals surface area contributed by atoms with E-state index in [0.717, 1.165) is 25.8 Å². The molecule has 0 saturated carbocycles. The van der Waals surface area contributed by atoms with E-state index in [4.69, 9.17) is 10.5 Å². The van der Waals surface area contributed by atoms with Crippen molar-refractivity contribution in [3.63, 3.8) is 0 Å². The molecule has 0 bridgehead atoms. The molecule has 0 aliphatic rings. The molecule has 98 valence electrons. The van der Waals surface area contributed by atoms with Crippen LogP contribution in [0.3, 0.4) is 0 Å². The summed E-state index contributed by atoms with van der Waals surface area (Å²) in [6, 6.07) is 0.0111. The fraction of sp³-hybridized carbons (Fsp3) is 0.769. The van der Waals surface area contributed by atoms with E-state index in [1.54, 1.807) is 7.11 Å². The molecule has 1 rings (SSSR count). The van der Waals surface area contributed by atoms with Gasteiger partial charge in [0.05, 0.1) is 11.8 Å². The molecule has 1 aromatic heterocycles. The Morgan fingerprint density at radius 3 is 2.47 bits per heavy atom. The second-order valence-corrected chi connectivity index (χ2v) is 4.49. The van der Waals surface area contributed by atoms with Crippen LogP contribution in [-0.2, 0) is 17.7 Å². The van der Waals surface area contributed by atoms with E-state index in [1.807, 2.05) is 10.9 Å². The van der Waals surface area contributed by atoms with Gasteiger partial charge >= 0.3 is 0 Å². The predicted molar refractivity (Wildman–Crippen MR) is 69.9 cm³/mol. The van der Waals surface area contributed by atoms with Crippen LogP contribution in [0.5, 0.6) is 0 Å². The summed E-state index contributed by atoms with van der Waals surface area (Å²) in [5.74, 6) is 0. The van der Waals surface area contributed by atoms with Gasteiger partial charge in [0.15, 0.2) is 0 Å². The molecule has 0 radical (unpaired) electrons. The first-order chi connectivity index (χ1) is 8.11. The predicted octanol–water partition coefficient (Wildman–Crippen LogP) is 1.98. The molecular formula is C13H25N3O. The fourth-order valence-corrected chi connectivity index (χ4v) is 2.34. The van der Waals surface area contributed by atoms with E-state index in [-0.39, 0.29) is 11.6 Å². The van der Waals surface area contributed by atoms with Crippen LogP contribution in [0.4, 0.5) is 0 Å². The molecule has 1 heterocycles. The minimum Gasteiger partial charge on any atom is -0.377 e. The van der Waals surface area contributed by atoms with Gasteiger partial charge in [-0.2, -0.15) is 5.10 Å². The summed E-state index contributed by atoms with van der Waals surface area (Å²) in [5.41, 5.74) is 7.27. The summed E-state index contributed by atoms with van der Waals surface area (Å²) in [7, 11) is 1.75. The maximum atomic E-state index is 6.31. The maximum Gasteiger partial charge on any atom is 0.0826 e. The van der Waals surface area contributed by atoms with Crippen LogP contribution in [0.1, 0.15) is 39.2 Å². The summed E-state index contributed by atoms with van der Waals surface area (Å²) in [6.07, 6.45) is 6.64. The molecule has 0 aliphatic heterocycles. The Kier molecular flexibility index (Phi) is 5.15. The van der Waals surface area contributed by atoms with Crippen LogP contribution in [-0.4, -0.2) is 28.5 Å². The Hall–Kier alpha value is -0.870. The highest BCUT2D eigenvalue weighted by atomic mass is 16.5. The molecule has 0 saturated heterocycles. The van der Waals surface area contributed by atoms with Gasteiger partial charge in [0, 0.05) is 25.9 Å². The second-order valence-electron chi connectivity index (χ2n) is 4.49. The highest BCUT2D eigenvalue weighted by Gasteiger charge is 2.33. The Morgan fingerprint density at radius 1 is 1.41 bits per heavy atom. The van der Waals surface area contributed by atoms with E-state index in [0.29, 0.717) is 0 Å². The van der Waals surface area contributed by atoms with Crippen molar-refractivity contribution in [3.05, 3.63) is 18.0 Å². The third-order valence-corrected chi connectivity index (χ3v) is 3.75. The lowest BCUT2D eigenvalue weighted by atomic mass is 9.85. The lowest BCUT2D eigenvalue weighted by Gasteiger charge is -2.36. The topological polar surface area (TPSA) is 53.1 Å². The van der Waals surface area contributed by atoms with Crippen molar-refractivity contribution in [3.8, 4) is 0 Å². The molecule has 1 unspecified atom stereocenters. The lowest BCUT2D eigenvalue weighted by Crippen LogP contribution is -2.50. The van der Waals surface area contributed by atoms with Crippen LogP contribution in [0, 0.1) is 0 Å². The minimum absolute atomic E-state index is 0.0111. The van der Waals surface area contributed by atoms with Crippen LogP contribution in [0.25, 0.3) is 0 Å². The first-order valence-corrected chi connectivity index (χ1v) is 6.43. The molecule has 1 aromatic rings. The Bertz CT molecular complexity index is 323. The maximum absolute atomic E-state index is 6.31. The Morgan fingerprint density at radius 2 is 2.06 bits per heavy atom. The van der Waals surface area contributed by atoms with E-state index >= 15 is 0 Å². The first kappa shape index (κ1) is 14.2. The van der Waals surface area contributed by atoms with Crippen molar-refractivity contribution >= 4 is 0 Å². The minimum atomic E-state index is -0.214. The SMILES string of the molecule is CCn1cc(CC(N)C(CC)(CC)OC)cn1. The van der Waals surface area contributed by atoms with Crippen molar-refractivity contribution in [2.24, 2.45) is 5.73 Å². The van der Waals surface area contributed by atoms with Crippen molar-refractivity contribution in [1.29, 1.82) is 0 Å². The summed E-state index contributed by atoms with van der Waals surface area (Å²) >= 11 is 0. The van der Waals surface area contributed by atoms with Crippen LogP contribution >= 0.6 is 0 Å². The van der Waals surface area contributed by atoms with Crippen molar-refractivity contribution in [2.45, 2.75) is 58.2 Å². The zero-order valence-electron chi connectivity index (χ0n) is 11.4. The number of ether oxygens (including phenoxy) is 1. The molecule has 0 spiro atoms. The van der Waals surface area contributed by atoms with Crippen LogP contribution in [0.2, 0.25) is 0 Å². The average Bonchev–Trinajstić information content (AvgIpc) is 2.80. The van der Waals surface area contributed by atoms with Gasteiger partial charge < -0.3 is 10.5 Å². The number of hydrogen-bond donors (Lipinski definition) is 1. The smallest absolute Gasteiger partial charge is 0.0826 e. The molecule has 4 nitrogen and oxygen atoms in total. The first-order valence-electron chi connectivity index (χ1n) is 6.43. The number of methoxy groups -OCH3 is 1. The summed E-state index contributed by atoms with van der Waals surface area (Å²) in [6.45, 7) is 7.23.